The summed E-state index contributed by atoms with van der Waals surface area (Å²) in [5.41, 5.74) is 6.40. The fraction of sp³-hybridized carbons (Fsp3) is 0.929. The zero-order valence-electron chi connectivity index (χ0n) is 11.1. The van der Waals surface area contributed by atoms with Crippen molar-refractivity contribution in [1.82, 2.24) is 0 Å². The standard InChI is InChI=1S/C14H27NO/c1-11(2)13(16)12(15)7-10-14(3)8-5-4-6-9-14/h11-12H,4-10,15H2,1-3H3. The van der Waals surface area contributed by atoms with Crippen LogP contribution in [0.4, 0.5) is 0 Å². The molecule has 1 aliphatic rings. The van der Waals surface area contributed by atoms with Gasteiger partial charge < -0.3 is 5.73 Å². The molecule has 0 radical (unpaired) electrons. The highest BCUT2D eigenvalue weighted by Gasteiger charge is 2.28. The van der Waals surface area contributed by atoms with Crippen LogP contribution < -0.4 is 5.73 Å². The quantitative estimate of drug-likeness (QED) is 0.780. The van der Waals surface area contributed by atoms with Crippen LogP contribution in [0.25, 0.3) is 0 Å². The molecule has 0 aromatic heterocycles. The Morgan fingerprint density at radius 2 is 1.81 bits per heavy atom. The highest BCUT2D eigenvalue weighted by molar-refractivity contribution is 5.85. The molecule has 1 aliphatic carbocycles. The number of carbonyl (C=O) groups is 1. The van der Waals surface area contributed by atoms with Crippen LogP contribution in [0.15, 0.2) is 0 Å². The van der Waals surface area contributed by atoms with Crippen molar-refractivity contribution >= 4 is 5.78 Å². The lowest BCUT2D eigenvalue weighted by Gasteiger charge is -2.34. The second kappa shape index (κ2) is 5.81. The molecule has 0 bridgehead atoms. The Morgan fingerprint density at radius 3 is 2.31 bits per heavy atom. The molecule has 1 fully saturated rings. The summed E-state index contributed by atoms with van der Waals surface area (Å²) in [6.07, 6.45) is 8.70. The number of ketones is 1. The van der Waals surface area contributed by atoms with E-state index in [9.17, 15) is 4.79 Å². The van der Waals surface area contributed by atoms with Gasteiger partial charge in [-0.25, -0.2) is 0 Å². The van der Waals surface area contributed by atoms with E-state index in [0.717, 1.165) is 12.8 Å². The van der Waals surface area contributed by atoms with E-state index >= 15 is 0 Å². The van der Waals surface area contributed by atoms with Crippen LogP contribution in [0.3, 0.4) is 0 Å². The highest BCUT2D eigenvalue weighted by atomic mass is 16.1. The molecule has 1 unspecified atom stereocenters. The highest BCUT2D eigenvalue weighted by Crippen LogP contribution is 2.39. The average Bonchev–Trinajstić information content (AvgIpc) is 2.26. The van der Waals surface area contributed by atoms with E-state index < -0.39 is 0 Å². The number of nitrogens with two attached hydrogens (primary N) is 1. The molecule has 2 heteroatoms. The number of carbonyl (C=O) groups excluding carboxylic acids is 1. The summed E-state index contributed by atoms with van der Waals surface area (Å²) < 4.78 is 0. The van der Waals surface area contributed by atoms with Crippen LogP contribution in [-0.4, -0.2) is 11.8 Å². The third kappa shape index (κ3) is 3.89. The van der Waals surface area contributed by atoms with Crippen molar-refractivity contribution < 1.29 is 4.79 Å². The van der Waals surface area contributed by atoms with Gasteiger partial charge in [0.2, 0.25) is 0 Å². The molecular formula is C14H27NO. The van der Waals surface area contributed by atoms with Gasteiger partial charge in [-0.2, -0.15) is 0 Å². The van der Waals surface area contributed by atoms with Gasteiger partial charge in [-0.15, -0.1) is 0 Å². The van der Waals surface area contributed by atoms with Crippen molar-refractivity contribution in [2.24, 2.45) is 17.1 Å². The van der Waals surface area contributed by atoms with E-state index in [1.165, 1.54) is 32.1 Å². The van der Waals surface area contributed by atoms with Crippen LogP contribution in [0, 0.1) is 11.3 Å². The van der Waals surface area contributed by atoms with Crippen molar-refractivity contribution in [3.05, 3.63) is 0 Å². The predicted octanol–water partition coefficient (Wildman–Crippen LogP) is 3.29. The fourth-order valence-electron chi connectivity index (χ4n) is 2.73. The normalized spacial score (nSPS) is 22.1. The van der Waals surface area contributed by atoms with Gasteiger partial charge >= 0.3 is 0 Å². The molecule has 0 aromatic carbocycles. The van der Waals surface area contributed by atoms with Gasteiger partial charge in [-0.05, 0) is 31.1 Å². The maximum atomic E-state index is 11.7. The number of hydrogen-bond donors (Lipinski definition) is 1. The summed E-state index contributed by atoms with van der Waals surface area (Å²) in [6, 6.07) is -0.237. The lowest BCUT2D eigenvalue weighted by Crippen LogP contribution is -2.35. The molecule has 1 atom stereocenters. The van der Waals surface area contributed by atoms with E-state index in [0.29, 0.717) is 5.41 Å². The van der Waals surface area contributed by atoms with E-state index in [2.05, 4.69) is 6.92 Å². The predicted molar refractivity (Wildman–Crippen MR) is 68.2 cm³/mol. The summed E-state index contributed by atoms with van der Waals surface area (Å²) in [5, 5.41) is 0. The maximum Gasteiger partial charge on any atom is 0.152 e. The van der Waals surface area contributed by atoms with Crippen molar-refractivity contribution in [2.75, 3.05) is 0 Å². The van der Waals surface area contributed by atoms with Crippen molar-refractivity contribution in [3.8, 4) is 0 Å². The van der Waals surface area contributed by atoms with Crippen molar-refractivity contribution in [3.63, 3.8) is 0 Å². The minimum atomic E-state index is -0.237. The van der Waals surface area contributed by atoms with E-state index in [4.69, 9.17) is 5.73 Å². The third-order valence-corrected chi connectivity index (χ3v) is 4.05. The molecule has 0 aliphatic heterocycles. The number of hydrogen-bond acceptors (Lipinski definition) is 2. The van der Waals surface area contributed by atoms with Crippen LogP contribution in [0.2, 0.25) is 0 Å². The summed E-state index contributed by atoms with van der Waals surface area (Å²) >= 11 is 0. The van der Waals surface area contributed by atoms with E-state index in [1.54, 1.807) is 0 Å². The van der Waals surface area contributed by atoms with Crippen LogP contribution in [0.1, 0.15) is 65.7 Å². The molecule has 2 N–H and O–H groups in total. The van der Waals surface area contributed by atoms with E-state index in [1.807, 2.05) is 13.8 Å². The average molecular weight is 225 g/mol. The summed E-state index contributed by atoms with van der Waals surface area (Å²) in [6.45, 7) is 6.23. The first-order valence-electron chi connectivity index (χ1n) is 6.74. The largest absolute Gasteiger partial charge is 0.321 e. The van der Waals surface area contributed by atoms with Crippen molar-refractivity contribution in [2.45, 2.75) is 71.8 Å². The van der Waals surface area contributed by atoms with Gasteiger partial charge in [-0.1, -0.05) is 40.0 Å². The Kier molecular flexibility index (Phi) is 4.97. The first-order chi connectivity index (χ1) is 7.44. The van der Waals surface area contributed by atoms with Crippen molar-refractivity contribution in [1.29, 1.82) is 0 Å². The molecule has 0 aromatic rings. The smallest absolute Gasteiger partial charge is 0.152 e. The molecular weight excluding hydrogens is 198 g/mol. The Labute approximate surface area is 100.0 Å². The van der Waals surface area contributed by atoms with E-state index in [-0.39, 0.29) is 17.7 Å². The molecule has 1 saturated carbocycles. The zero-order valence-corrected chi connectivity index (χ0v) is 11.1. The van der Waals surface area contributed by atoms with Crippen LogP contribution >= 0.6 is 0 Å². The zero-order chi connectivity index (χ0) is 12.2. The fourth-order valence-corrected chi connectivity index (χ4v) is 2.73. The summed E-state index contributed by atoms with van der Waals surface area (Å²) in [5.74, 6) is 0.300. The second-order valence-electron chi connectivity index (χ2n) is 6.07. The van der Waals surface area contributed by atoms with Crippen LogP contribution in [-0.2, 0) is 4.79 Å². The molecule has 0 heterocycles. The molecule has 94 valence electrons. The summed E-state index contributed by atoms with van der Waals surface area (Å²) in [4.78, 5) is 11.7. The Bertz CT molecular complexity index is 229. The molecule has 1 rings (SSSR count). The van der Waals surface area contributed by atoms with Crippen LogP contribution in [0.5, 0.6) is 0 Å². The lowest BCUT2D eigenvalue weighted by molar-refractivity contribution is -0.123. The molecule has 0 spiro atoms. The topological polar surface area (TPSA) is 43.1 Å². The first kappa shape index (κ1) is 13.7. The monoisotopic (exact) mass is 225 g/mol. The number of rotatable bonds is 5. The Hall–Kier alpha value is -0.370. The summed E-state index contributed by atoms with van der Waals surface area (Å²) in [7, 11) is 0. The molecule has 0 saturated heterocycles. The third-order valence-electron chi connectivity index (χ3n) is 4.05. The number of Topliss-reactive ketones (excluding diaryl/α,β-unsaturated/α-hetero) is 1. The van der Waals surface area contributed by atoms with Gasteiger partial charge in [0.1, 0.15) is 0 Å². The maximum absolute atomic E-state index is 11.7. The SMILES string of the molecule is CC(C)C(=O)C(N)CCC1(C)CCCCC1. The Balaban J connectivity index is 2.35. The van der Waals surface area contributed by atoms with Gasteiger partial charge in [0, 0.05) is 5.92 Å². The molecule has 0 amide bonds. The van der Waals surface area contributed by atoms with Gasteiger partial charge in [0.25, 0.3) is 0 Å². The van der Waals surface area contributed by atoms with Gasteiger partial charge in [-0.3, -0.25) is 4.79 Å². The second-order valence-corrected chi connectivity index (χ2v) is 6.07. The Morgan fingerprint density at radius 1 is 1.25 bits per heavy atom. The van der Waals surface area contributed by atoms with Gasteiger partial charge in [0.05, 0.1) is 6.04 Å². The van der Waals surface area contributed by atoms with Gasteiger partial charge in [0.15, 0.2) is 5.78 Å². The minimum absolute atomic E-state index is 0.0779. The molecule has 16 heavy (non-hydrogen) atoms. The minimum Gasteiger partial charge on any atom is -0.321 e. The molecule has 2 nitrogen and oxygen atoms in total. The lowest BCUT2D eigenvalue weighted by atomic mass is 9.72. The first-order valence-corrected chi connectivity index (χ1v) is 6.74.